The summed E-state index contributed by atoms with van der Waals surface area (Å²) >= 11 is 0. The second-order valence-corrected chi connectivity index (χ2v) is 4.16. The van der Waals surface area contributed by atoms with Crippen LogP contribution in [0.2, 0.25) is 0 Å². The number of carbonyl (C=O) groups is 1. The maximum absolute atomic E-state index is 11.2. The van der Waals surface area contributed by atoms with Crippen molar-refractivity contribution in [3.63, 3.8) is 0 Å². The Labute approximate surface area is 91.2 Å². The molecule has 0 aliphatic carbocycles. The molecule has 1 unspecified atom stereocenters. The highest BCUT2D eigenvalue weighted by molar-refractivity contribution is 5.71. The van der Waals surface area contributed by atoms with Crippen molar-refractivity contribution in [2.75, 3.05) is 26.2 Å². The molecule has 1 saturated heterocycles. The van der Waals surface area contributed by atoms with Gasteiger partial charge in [-0.05, 0) is 45.7 Å². The third kappa shape index (κ3) is 4.18. The average molecular weight is 215 g/mol. The predicted octanol–water partition coefficient (Wildman–Crippen LogP) is 0.642. The van der Waals surface area contributed by atoms with Crippen LogP contribution in [0.25, 0.3) is 0 Å². The molecule has 1 atom stereocenters. The minimum atomic E-state index is -0.227. The molecule has 4 nitrogen and oxygen atoms in total. The SMILES string of the molecule is CCOC(=O)CN1CCC(C(C)O)CC1. The molecule has 1 N–H and O–H groups in total. The van der Waals surface area contributed by atoms with Gasteiger partial charge in [-0.25, -0.2) is 0 Å². The summed E-state index contributed by atoms with van der Waals surface area (Å²) in [5.41, 5.74) is 0. The van der Waals surface area contributed by atoms with Crippen molar-refractivity contribution in [3.8, 4) is 0 Å². The Bertz CT molecular complexity index is 198. The van der Waals surface area contributed by atoms with Gasteiger partial charge in [0.1, 0.15) is 0 Å². The monoisotopic (exact) mass is 215 g/mol. The van der Waals surface area contributed by atoms with Gasteiger partial charge in [-0.15, -0.1) is 0 Å². The summed E-state index contributed by atoms with van der Waals surface area (Å²) in [5, 5.41) is 9.42. The summed E-state index contributed by atoms with van der Waals surface area (Å²) in [6.07, 6.45) is 1.71. The minimum Gasteiger partial charge on any atom is -0.465 e. The van der Waals surface area contributed by atoms with Crippen LogP contribution in [0.3, 0.4) is 0 Å². The maximum atomic E-state index is 11.2. The van der Waals surface area contributed by atoms with Crippen LogP contribution in [0, 0.1) is 5.92 Å². The number of aliphatic hydroxyl groups excluding tert-OH is 1. The summed E-state index contributed by atoms with van der Waals surface area (Å²) in [6.45, 7) is 6.26. The van der Waals surface area contributed by atoms with Crippen LogP contribution < -0.4 is 0 Å². The van der Waals surface area contributed by atoms with Crippen LogP contribution in [0.5, 0.6) is 0 Å². The zero-order chi connectivity index (χ0) is 11.3. The molecule has 0 aromatic rings. The highest BCUT2D eigenvalue weighted by Gasteiger charge is 2.23. The fraction of sp³-hybridized carbons (Fsp3) is 0.909. The summed E-state index contributed by atoms with van der Waals surface area (Å²) in [6, 6.07) is 0. The van der Waals surface area contributed by atoms with E-state index in [2.05, 4.69) is 4.90 Å². The quantitative estimate of drug-likeness (QED) is 0.699. The van der Waals surface area contributed by atoms with Gasteiger partial charge in [0.2, 0.25) is 0 Å². The van der Waals surface area contributed by atoms with Gasteiger partial charge >= 0.3 is 5.97 Å². The minimum absolute atomic E-state index is 0.145. The normalized spacial score (nSPS) is 21.3. The van der Waals surface area contributed by atoms with Crippen molar-refractivity contribution in [1.29, 1.82) is 0 Å². The molecule has 0 amide bonds. The van der Waals surface area contributed by atoms with Gasteiger partial charge in [0.15, 0.2) is 0 Å². The van der Waals surface area contributed by atoms with E-state index >= 15 is 0 Å². The Kier molecular flexibility index (Phi) is 5.05. The second-order valence-electron chi connectivity index (χ2n) is 4.16. The molecule has 0 aromatic heterocycles. The van der Waals surface area contributed by atoms with Crippen LogP contribution in [-0.4, -0.2) is 48.3 Å². The van der Waals surface area contributed by atoms with E-state index in [1.165, 1.54) is 0 Å². The lowest BCUT2D eigenvalue weighted by molar-refractivity contribution is -0.144. The maximum Gasteiger partial charge on any atom is 0.320 e. The molecule has 88 valence electrons. The summed E-state index contributed by atoms with van der Waals surface area (Å²) in [4.78, 5) is 13.3. The topological polar surface area (TPSA) is 49.8 Å². The molecule has 0 radical (unpaired) electrons. The van der Waals surface area contributed by atoms with E-state index in [0.29, 0.717) is 19.1 Å². The average Bonchev–Trinajstić information content (AvgIpc) is 2.18. The largest absolute Gasteiger partial charge is 0.465 e. The van der Waals surface area contributed by atoms with Crippen molar-refractivity contribution < 1.29 is 14.6 Å². The highest BCUT2D eigenvalue weighted by atomic mass is 16.5. The zero-order valence-corrected chi connectivity index (χ0v) is 9.61. The molecule has 15 heavy (non-hydrogen) atoms. The molecule has 0 aromatic carbocycles. The van der Waals surface area contributed by atoms with Crippen LogP contribution in [0.15, 0.2) is 0 Å². The second kappa shape index (κ2) is 6.08. The first-order chi connectivity index (χ1) is 7.13. The van der Waals surface area contributed by atoms with Gasteiger partial charge in [-0.3, -0.25) is 9.69 Å². The highest BCUT2D eigenvalue weighted by Crippen LogP contribution is 2.20. The molecule has 1 heterocycles. The number of likely N-dealkylation sites (tertiary alicyclic amines) is 1. The van der Waals surface area contributed by atoms with Gasteiger partial charge in [-0.1, -0.05) is 0 Å². The van der Waals surface area contributed by atoms with Gasteiger partial charge in [0, 0.05) is 0 Å². The Balaban J connectivity index is 2.22. The van der Waals surface area contributed by atoms with Crippen LogP contribution in [-0.2, 0) is 9.53 Å². The van der Waals surface area contributed by atoms with Crippen molar-refractivity contribution in [3.05, 3.63) is 0 Å². The molecule has 4 heteroatoms. The van der Waals surface area contributed by atoms with Crippen molar-refractivity contribution in [2.24, 2.45) is 5.92 Å². The molecule has 0 saturated carbocycles. The van der Waals surface area contributed by atoms with Gasteiger partial charge in [0.05, 0.1) is 19.3 Å². The van der Waals surface area contributed by atoms with E-state index in [1.807, 2.05) is 13.8 Å². The number of carbonyl (C=O) groups excluding carboxylic acids is 1. The Morgan fingerprint density at radius 2 is 2.13 bits per heavy atom. The van der Waals surface area contributed by atoms with Crippen LogP contribution >= 0.6 is 0 Å². The zero-order valence-electron chi connectivity index (χ0n) is 9.61. The number of ether oxygens (including phenoxy) is 1. The van der Waals surface area contributed by atoms with Crippen LogP contribution in [0.4, 0.5) is 0 Å². The number of rotatable bonds is 4. The Morgan fingerprint density at radius 1 is 1.53 bits per heavy atom. The molecular weight excluding hydrogens is 194 g/mol. The predicted molar refractivity (Wildman–Crippen MR) is 57.5 cm³/mol. The summed E-state index contributed by atoms with van der Waals surface area (Å²) < 4.78 is 4.89. The fourth-order valence-electron chi connectivity index (χ4n) is 1.98. The van der Waals surface area contributed by atoms with E-state index in [-0.39, 0.29) is 12.1 Å². The molecule has 0 spiro atoms. The van der Waals surface area contributed by atoms with Crippen molar-refractivity contribution >= 4 is 5.97 Å². The molecule has 1 rings (SSSR count). The lowest BCUT2D eigenvalue weighted by Gasteiger charge is -2.32. The number of nitrogens with zero attached hydrogens (tertiary/aromatic N) is 1. The standard InChI is InChI=1S/C11H21NO3/c1-3-15-11(14)8-12-6-4-10(5-7-12)9(2)13/h9-10,13H,3-8H2,1-2H3. The van der Waals surface area contributed by atoms with Gasteiger partial charge < -0.3 is 9.84 Å². The number of hydrogen-bond acceptors (Lipinski definition) is 4. The van der Waals surface area contributed by atoms with Crippen molar-refractivity contribution in [1.82, 2.24) is 4.90 Å². The Morgan fingerprint density at radius 3 is 2.60 bits per heavy atom. The first-order valence-electron chi connectivity index (χ1n) is 5.69. The number of esters is 1. The van der Waals surface area contributed by atoms with Gasteiger partial charge in [0.25, 0.3) is 0 Å². The van der Waals surface area contributed by atoms with Gasteiger partial charge in [-0.2, -0.15) is 0 Å². The lowest BCUT2D eigenvalue weighted by Crippen LogP contribution is -2.40. The lowest BCUT2D eigenvalue weighted by atomic mass is 9.92. The molecule has 1 aliphatic heterocycles. The first-order valence-corrected chi connectivity index (χ1v) is 5.69. The third-order valence-corrected chi connectivity index (χ3v) is 2.97. The first kappa shape index (κ1) is 12.5. The van der Waals surface area contributed by atoms with E-state index in [9.17, 15) is 9.90 Å². The van der Waals surface area contributed by atoms with Crippen molar-refractivity contribution in [2.45, 2.75) is 32.8 Å². The molecule has 1 fully saturated rings. The van der Waals surface area contributed by atoms with E-state index in [0.717, 1.165) is 25.9 Å². The number of piperidine rings is 1. The molecular formula is C11H21NO3. The van der Waals surface area contributed by atoms with E-state index in [1.54, 1.807) is 0 Å². The Hall–Kier alpha value is -0.610. The fourth-order valence-corrected chi connectivity index (χ4v) is 1.98. The molecule has 1 aliphatic rings. The number of aliphatic hydroxyl groups is 1. The third-order valence-electron chi connectivity index (χ3n) is 2.97. The molecule has 0 bridgehead atoms. The number of hydrogen-bond donors (Lipinski definition) is 1. The van der Waals surface area contributed by atoms with E-state index < -0.39 is 0 Å². The van der Waals surface area contributed by atoms with E-state index in [4.69, 9.17) is 4.74 Å². The summed E-state index contributed by atoms with van der Waals surface area (Å²) in [5.74, 6) is 0.247. The van der Waals surface area contributed by atoms with Crippen LogP contribution in [0.1, 0.15) is 26.7 Å². The smallest absolute Gasteiger partial charge is 0.320 e. The summed E-state index contributed by atoms with van der Waals surface area (Å²) in [7, 11) is 0.